The van der Waals surface area contributed by atoms with Crippen molar-refractivity contribution in [2.75, 3.05) is 26.7 Å². The van der Waals surface area contributed by atoms with E-state index in [-0.39, 0.29) is 17.4 Å². The quantitative estimate of drug-likeness (QED) is 0.720. The van der Waals surface area contributed by atoms with E-state index in [0.717, 1.165) is 25.4 Å². The van der Waals surface area contributed by atoms with Crippen molar-refractivity contribution >= 4 is 11.7 Å². The Morgan fingerprint density at radius 2 is 1.91 bits per heavy atom. The molecule has 0 N–H and O–H groups in total. The lowest BCUT2D eigenvalue weighted by Crippen LogP contribution is -2.60. The van der Waals surface area contributed by atoms with Crippen molar-refractivity contribution in [3.63, 3.8) is 0 Å². The number of carbonyl (C=O) groups excluding carboxylic acids is 2. The molecule has 1 aromatic carbocycles. The van der Waals surface area contributed by atoms with Gasteiger partial charge in [-0.15, -0.1) is 0 Å². The highest BCUT2D eigenvalue weighted by Crippen LogP contribution is 2.45. The third kappa shape index (κ3) is 4.05. The van der Waals surface area contributed by atoms with Crippen LogP contribution in [0.2, 0.25) is 0 Å². The molecule has 6 heteroatoms. The summed E-state index contributed by atoms with van der Waals surface area (Å²) in [6.07, 6.45) is 6.50. The van der Waals surface area contributed by atoms with E-state index >= 15 is 0 Å². The number of ketones is 1. The largest absolute Gasteiger partial charge is 0.497 e. The maximum Gasteiger partial charge on any atom is 0.289 e. The molecule has 1 aromatic rings. The number of benzene rings is 1. The molecule has 1 amide bonds. The summed E-state index contributed by atoms with van der Waals surface area (Å²) in [7, 11) is 1.70. The van der Waals surface area contributed by atoms with Gasteiger partial charge in [0.25, 0.3) is 5.91 Å². The molecule has 0 aliphatic carbocycles. The number of methoxy groups -OCH3 is 1. The smallest absolute Gasteiger partial charge is 0.289 e. The maximum absolute atomic E-state index is 13.3. The van der Waals surface area contributed by atoms with Crippen LogP contribution in [0.4, 0.5) is 0 Å². The number of carbonyl (C=O) groups is 2. The molecule has 172 valence electrons. The average molecular weight is 439 g/mol. The molecule has 4 atom stereocenters. The van der Waals surface area contributed by atoms with E-state index in [0.29, 0.717) is 30.3 Å². The van der Waals surface area contributed by atoms with Gasteiger partial charge in [-0.2, -0.15) is 0 Å². The Morgan fingerprint density at radius 1 is 1.12 bits per heavy atom. The van der Waals surface area contributed by atoms with Crippen LogP contribution in [0.3, 0.4) is 0 Å². The summed E-state index contributed by atoms with van der Waals surface area (Å²) in [6, 6.07) is 9.47. The lowest BCUT2D eigenvalue weighted by atomic mass is 9.74. The van der Waals surface area contributed by atoms with E-state index < -0.39 is 5.60 Å². The molecule has 6 nitrogen and oxygen atoms in total. The molecule has 0 unspecified atom stereocenters. The van der Waals surface area contributed by atoms with E-state index in [4.69, 9.17) is 9.47 Å². The van der Waals surface area contributed by atoms with Gasteiger partial charge in [0.2, 0.25) is 0 Å². The highest BCUT2D eigenvalue weighted by Gasteiger charge is 2.46. The van der Waals surface area contributed by atoms with Crippen molar-refractivity contribution < 1.29 is 19.1 Å². The minimum Gasteiger partial charge on any atom is -0.497 e. The van der Waals surface area contributed by atoms with Crippen molar-refractivity contribution in [1.29, 1.82) is 0 Å². The SMILES string of the molecule is COc1ccc([C@H]2CCC[C@H]3[C@@H]4C[C@@H](CN(C(=O)C5=CC(=O)CC(C)(C)O5)C4)CN23)cc1. The van der Waals surface area contributed by atoms with Gasteiger partial charge < -0.3 is 14.4 Å². The fourth-order valence-electron chi connectivity index (χ4n) is 6.40. The highest BCUT2D eigenvalue weighted by molar-refractivity contribution is 6.01. The predicted octanol–water partition coefficient (Wildman–Crippen LogP) is 3.72. The third-order valence-electron chi connectivity index (χ3n) is 7.66. The van der Waals surface area contributed by atoms with Crippen molar-refractivity contribution in [3.8, 4) is 5.75 Å². The Bertz CT molecular complexity index is 922. The minimum atomic E-state index is -0.617. The number of hydrogen-bond donors (Lipinski definition) is 0. The fourth-order valence-corrected chi connectivity index (χ4v) is 6.40. The Hall–Kier alpha value is -2.34. The highest BCUT2D eigenvalue weighted by atomic mass is 16.5. The van der Waals surface area contributed by atoms with Crippen LogP contribution in [0.25, 0.3) is 0 Å². The van der Waals surface area contributed by atoms with Crippen LogP contribution in [0.5, 0.6) is 5.75 Å². The molecule has 0 saturated carbocycles. The van der Waals surface area contributed by atoms with E-state index in [2.05, 4.69) is 29.2 Å². The van der Waals surface area contributed by atoms with E-state index in [1.807, 2.05) is 18.7 Å². The molecule has 0 spiro atoms. The minimum absolute atomic E-state index is 0.0254. The zero-order valence-corrected chi connectivity index (χ0v) is 19.4. The topological polar surface area (TPSA) is 59.1 Å². The Morgan fingerprint density at radius 3 is 2.62 bits per heavy atom. The average Bonchev–Trinajstić information content (AvgIpc) is 2.77. The number of likely N-dealkylation sites (tertiary alicyclic amines) is 1. The first-order chi connectivity index (χ1) is 15.3. The number of allylic oxidation sites excluding steroid dienone is 1. The van der Waals surface area contributed by atoms with Crippen molar-refractivity contribution in [1.82, 2.24) is 9.80 Å². The summed E-state index contributed by atoms with van der Waals surface area (Å²) in [5, 5.41) is 0. The zero-order valence-electron chi connectivity index (χ0n) is 19.4. The summed E-state index contributed by atoms with van der Waals surface area (Å²) >= 11 is 0. The van der Waals surface area contributed by atoms with Gasteiger partial charge in [0.1, 0.15) is 11.4 Å². The zero-order chi connectivity index (χ0) is 22.5. The Balaban J connectivity index is 1.32. The molecule has 3 saturated heterocycles. The Labute approximate surface area is 190 Å². The number of rotatable bonds is 3. The van der Waals surface area contributed by atoms with Crippen LogP contribution in [0.15, 0.2) is 36.1 Å². The van der Waals surface area contributed by atoms with E-state index in [1.54, 1.807) is 7.11 Å². The van der Waals surface area contributed by atoms with Crippen LogP contribution in [0.1, 0.15) is 57.6 Å². The monoisotopic (exact) mass is 438 g/mol. The predicted molar refractivity (Wildman–Crippen MR) is 121 cm³/mol. The van der Waals surface area contributed by atoms with E-state index in [1.165, 1.54) is 37.3 Å². The van der Waals surface area contributed by atoms with Gasteiger partial charge in [0, 0.05) is 44.2 Å². The van der Waals surface area contributed by atoms with Crippen LogP contribution in [0, 0.1) is 11.8 Å². The molecule has 3 fully saturated rings. The van der Waals surface area contributed by atoms with Gasteiger partial charge in [0.05, 0.1) is 7.11 Å². The molecular weight excluding hydrogens is 404 g/mol. The molecule has 2 bridgehead atoms. The molecule has 4 aliphatic rings. The van der Waals surface area contributed by atoms with Gasteiger partial charge >= 0.3 is 0 Å². The van der Waals surface area contributed by atoms with Crippen molar-refractivity contribution in [3.05, 3.63) is 41.7 Å². The first-order valence-corrected chi connectivity index (χ1v) is 12.0. The second-order valence-electron chi connectivity index (χ2n) is 10.6. The molecule has 4 heterocycles. The summed E-state index contributed by atoms with van der Waals surface area (Å²) in [6.45, 7) is 6.25. The molecule has 0 aromatic heterocycles. The second kappa shape index (κ2) is 8.22. The number of amides is 1. The number of nitrogens with zero attached hydrogens (tertiary/aromatic N) is 2. The third-order valence-corrected chi connectivity index (χ3v) is 7.66. The van der Waals surface area contributed by atoms with Gasteiger partial charge in [-0.1, -0.05) is 12.1 Å². The number of fused-ring (bicyclic) bond motifs is 4. The normalized spacial score (nSPS) is 31.9. The molecule has 5 rings (SSSR count). The lowest BCUT2D eigenvalue weighted by Gasteiger charge is -2.55. The summed E-state index contributed by atoms with van der Waals surface area (Å²) in [5.74, 6) is 1.91. The fraction of sp³-hybridized carbons (Fsp3) is 0.615. The molecule has 4 aliphatic heterocycles. The molecular formula is C26H34N2O4. The summed E-state index contributed by atoms with van der Waals surface area (Å²) in [4.78, 5) is 30.1. The summed E-state index contributed by atoms with van der Waals surface area (Å²) < 4.78 is 11.3. The Kier molecular flexibility index (Phi) is 5.52. The molecule has 32 heavy (non-hydrogen) atoms. The van der Waals surface area contributed by atoms with E-state index in [9.17, 15) is 9.59 Å². The first kappa shape index (κ1) is 21.5. The van der Waals surface area contributed by atoms with Gasteiger partial charge in [-0.05, 0) is 69.1 Å². The van der Waals surface area contributed by atoms with Crippen LogP contribution in [-0.4, -0.2) is 59.9 Å². The number of piperidine rings is 3. The van der Waals surface area contributed by atoms with Gasteiger partial charge in [-0.3, -0.25) is 14.5 Å². The van der Waals surface area contributed by atoms with Crippen molar-refractivity contribution in [2.24, 2.45) is 11.8 Å². The van der Waals surface area contributed by atoms with Gasteiger partial charge in [-0.25, -0.2) is 0 Å². The molecule has 0 radical (unpaired) electrons. The number of ether oxygens (including phenoxy) is 2. The van der Waals surface area contributed by atoms with Crippen LogP contribution >= 0.6 is 0 Å². The van der Waals surface area contributed by atoms with Crippen LogP contribution in [-0.2, 0) is 14.3 Å². The second-order valence-corrected chi connectivity index (χ2v) is 10.6. The maximum atomic E-state index is 13.3. The standard InChI is InChI=1S/C26H34N2O4/c1-26(2)13-20(29)12-24(32-26)25(30)27-14-17-11-19(16-27)23-6-4-5-22(28(23)15-17)18-7-9-21(31-3)10-8-18/h7-10,12,17,19,22-23H,4-6,11,13-16H2,1-3H3/t17-,19+,22+,23-/m0/s1. The first-order valence-electron chi connectivity index (χ1n) is 12.0. The van der Waals surface area contributed by atoms with Gasteiger partial charge in [0.15, 0.2) is 11.5 Å². The van der Waals surface area contributed by atoms with Crippen molar-refractivity contribution in [2.45, 2.75) is 63.6 Å². The number of hydrogen-bond acceptors (Lipinski definition) is 5. The van der Waals surface area contributed by atoms with Crippen LogP contribution < -0.4 is 4.74 Å². The summed E-state index contributed by atoms with van der Waals surface area (Å²) in [5.41, 5.74) is 0.749. The lowest BCUT2D eigenvalue weighted by molar-refractivity contribution is -0.144.